The molecule has 0 spiro atoms. The van der Waals surface area contributed by atoms with Gasteiger partial charge in [-0.25, -0.2) is 0 Å². The van der Waals surface area contributed by atoms with E-state index in [0.29, 0.717) is 0 Å². The highest BCUT2D eigenvalue weighted by Gasteiger charge is 2.14. The van der Waals surface area contributed by atoms with Crippen LogP contribution in [0.25, 0.3) is 0 Å². The minimum absolute atomic E-state index is 0. The number of pyridine rings is 1. The van der Waals surface area contributed by atoms with Gasteiger partial charge in [0.1, 0.15) is 0 Å². The van der Waals surface area contributed by atoms with E-state index in [4.69, 9.17) is 0 Å². The molecule has 1 atom stereocenters. The minimum Gasteiger partial charge on any atom is -0.316 e. The van der Waals surface area contributed by atoms with Crippen LogP contribution in [0, 0.1) is 19.8 Å². The van der Waals surface area contributed by atoms with E-state index >= 15 is 0 Å². The van der Waals surface area contributed by atoms with Crippen molar-refractivity contribution >= 4 is 13.5 Å². The Hall–Kier alpha value is -0.540. The first-order valence-electron chi connectivity index (χ1n) is 5.39. The Morgan fingerprint density at radius 3 is 2.44 bits per heavy atom. The van der Waals surface area contributed by atoms with Crippen molar-refractivity contribution < 1.29 is 0 Å². The Labute approximate surface area is 106 Å². The van der Waals surface area contributed by atoms with E-state index in [1.807, 2.05) is 0 Å². The summed E-state index contributed by atoms with van der Waals surface area (Å²) in [5.41, 5.74) is 3.74. The highest BCUT2D eigenvalue weighted by atomic mass is 32.1. The Kier molecular flexibility index (Phi) is 6.68. The van der Waals surface area contributed by atoms with Crippen LogP contribution in [0.1, 0.15) is 30.8 Å². The van der Waals surface area contributed by atoms with E-state index in [0.717, 1.165) is 17.3 Å². The molecule has 2 rings (SSSR count). The van der Waals surface area contributed by atoms with Crippen LogP contribution >= 0.6 is 13.5 Å². The summed E-state index contributed by atoms with van der Waals surface area (Å²) in [6.45, 7) is 6.51. The predicted octanol–water partition coefficient (Wildman–Crippen LogP) is 2.60. The molecule has 0 radical (unpaired) electrons. The number of aryl methyl sites for hydroxylation is 2. The van der Waals surface area contributed by atoms with Crippen molar-refractivity contribution in [2.45, 2.75) is 34.1 Å². The summed E-state index contributed by atoms with van der Waals surface area (Å²) < 4.78 is 0. The number of aromatic nitrogens is 1. The molecular formula is C13H24N2S. The zero-order valence-corrected chi connectivity index (χ0v) is 10.5. The van der Waals surface area contributed by atoms with E-state index in [1.165, 1.54) is 31.5 Å². The van der Waals surface area contributed by atoms with Crippen molar-refractivity contribution in [3.63, 3.8) is 0 Å². The summed E-state index contributed by atoms with van der Waals surface area (Å²) in [7, 11) is 0. The third-order valence-corrected chi connectivity index (χ3v) is 2.83. The summed E-state index contributed by atoms with van der Waals surface area (Å²) in [6.07, 6.45) is 2.53. The van der Waals surface area contributed by atoms with Crippen LogP contribution in [0.15, 0.2) is 12.1 Å². The minimum atomic E-state index is 0. The van der Waals surface area contributed by atoms with Crippen LogP contribution in [0.2, 0.25) is 0 Å². The Morgan fingerprint density at radius 1 is 1.31 bits per heavy atom. The normalized spacial score (nSPS) is 18.8. The van der Waals surface area contributed by atoms with Gasteiger partial charge in [-0.05, 0) is 63.4 Å². The van der Waals surface area contributed by atoms with Crippen molar-refractivity contribution in [1.82, 2.24) is 10.3 Å². The van der Waals surface area contributed by atoms with Crippen molar-refractivity contribution in [3.05, 3.63) is 29.1 Å². The van der Waals surface area contributed by atoms with Gasteiger partial charge < -0.3 is 5.32 Å². The third kappa shape index (κ3) is 4.14. The molecule has 1 saturated heterocycles. The molecule has 2 nitrogen and oxygen atoms in total. The lowest BCUT2D eigenvalue weighted by Gasteiger charge is -2.09. The molecule has 1 aliphatic heterocycles. The van der Waals surface area contributed by atoms with Crippen LogP contribution < -0.4 is 5.32 Å². The van der Waals surface area contributed by atoms with Gasteiger partial charge in [0.05, 0.1) is 0 Å². The molecule has 0 aliphatic carbocycles. The second-order valence-electron chi connectivity index (χ2n) is 4.32. The summed E-state index contributed by atoms with van der Waals surface area (Å²) in [4.78, 5) is 4.39. The second-order valence-corrected chi connectivity index (χ2v) is 4.32. The monoisotopic (exact) mass is 240 g/mol. The number of hydrogen-bond donors (Lipinski definition) is 1. The SMILES string of the molecule is C.Cc1cc(CC2CCNC2)cc(C)n1.S. The lowest BCUT2D eigenvalue weighted by molar-refractivity contribution is 0.579. The molecule has 1 aromatic heterocycles. The highest BCUT2D eigenvalue weighted by Crippen LogP contribution is 2.16. The van der Waals surface area contributed by atoms with Crippen LogP contribution in [0.3, 0.4) is 0 Å². The van der Waals surface area contributed by atoms with Crippen molar-refractivity contribution in [2.75, 3.05) is 13.1 Å². The molecule has 1 aromatic rings. The van der Waals surface area contributed by atoms with Gasteiger partial charge in [-0.2, -0.15) is 13.5 Å². The second kappa shape index (κ2) is 6.92. The fourth-order valence-electron chi connectivity index (χ4n) is 2.26. The van der Waals surface area contributed by atoms with E-state index in [9.17, 15) is 0 Å². The maximum Gasteiger partial charge on any atom is 0.0378 e. The van der Waals surface area contributed by atoms with Gasteiger partial charge in [-0.15, -0.1) is 0 Å². The Morgan fingerprint density at radius 2 is 1.94 bits per heavy atom. The van der Waals surface area contributed by atoms with E-state index in [2.05, 4.69) is 36.3 Å². The van der Waals surface area contributed by atoms with Gasteiger partial charge in [0.15, 0.2) is 0 Å². The first kappa shape index (κ1) is 15.5. The van der Waals surface area contributed by atoms with E-state index < -0.39 is 0 Å². The molecule has 16 heavy (non-hydrogen) atoms. The third-order valence-electron chi connectivity index (χ3n) is 2.83. The molecule has 0 saturated carbocycles. The topological polar surface area (TPSA) is 24.9 Å². The zero-order valence-electron chi connectivity index (χ0n) is 9.51. The van der Waals surface area contributed by atoms with Crippen molar-refractivity contribution in [3.8, 4) is 0 Å². The van der Waals surface area contributed by atoms with Gasteiger partial charge in [-0.1, -0.05) is 7.43 Å². The summed E-state index contributed by atoms with van der Waals surface area (Å²) >= 11 is 0. The Bertz CT molecular complexity index is 299. The largest absolute Gasteiger partial charge is 0.316 e. The fourth-order valence-corrected chi connectivity index (χ4v) is 2.26. The van der Waals surface area contributed by atoms with Crippen molar-refractivity contribution in [1.29, 1.82) is 0 Å². The van der Waals surface area contributed by atoms with E-state index in [1.54, 1.807) is 0 Å². The van der Waals surface area contributed by atoms with E-state index in [-0.39, 0.29) is 20.9 Å². The van der Waals surface area contributed by atoms with Gasteiger partial charge in [0.25, 0.3) is 0 Å². The average Bonchev–Trinajstić information content (AvgIpc) is 2.54. The zero-order chi connectivity index (χ0) is 9.97. The molecule has 1 N–H and O–H groups in total. The number of nitrogens with one attached hydrogen (secondary N) is 1. The molecule has 0 bridgehead atoms. The number of rotatable bonds is 2. The van der Waals surface area contributed by atoms with Crippen LogP contribution in [0.5, 0.6) is 0 Å². The smallest absolute Gasteiger partial charge is 0.0378 e. The van der Waals surface area contributed by atoms with Crippen molar-refractivity contribution in [2.24, 2.45) is 5.92 Å². The Balaban J connectivity index is 0.00000112. The lowest BCUT2D eigenvalue weighted by atomic mass is 9.98. The lowest BCUT2D eigenvalue weighted by Crippen LogP contribution is -2.11. The molecule has 1 unspecified atom stereocenters. The molecule has 0 aromatic carbocycles. The quantitative estimate of drug-likeness (QED) is 0.859. The standard InChI is InChI=1S/C12H18N2.CH4.H2S/c1-9-5-12(6-10(2)14-9)7-11-3-4-13-8-11;;/h5-6,11,13H,3-4,7-8H2,1-2H3;1H4;1H2. The first-order chi connectivity index (χ1) is 6.74. The van der Waals surface area contributed by atoms with Crippen LogP contribution in [0.4, 0.5) is 0 Å². The average molecular weight is 240 g/mol. The maximum atomic E-state index is 4.39. The fraction of sp³-hybridized carbons (Fsp3) is 0.615. The van der Waals surface area contributed by atoms with Crippen LogP contribution in [-0.4, -0.2) is 18.1 Å². The summed E-state index contributed by atoms with van der Waals surface area (Å²) in [5.74, 6) is 0.830. The summed E-state index contributed by atoms with van der Waals surface area (Å²) in [6, 6.07) is 4.43. The maximum absolute atomic E-state index is 4.39. The summed E-state index contributed by atoms with van der Waals surface area (Å²) in [5, 5.41) is 3.41. The molecule has 2 heterocycles. The predicted molar refractivity (Wildman–Crippen MR) is 75.5 cm³/mol. The highest BCUT2D eigenvalue weighted by molar-refractivity contribution is 7.59. The van der Waals surface area contributed by atoms with Crippen LogP contribution in [-0.2, 0) is 6.42 Å². The first-order valence-corrected chi connectivity index (χ1v) is 5.39. The molecule has 92 valence electrons. The molecule has 1 aliphatic rings. The number of hydrogen-bond acceptors (Lipinski definition) is 2. The van der Waals surface area contributed by atoms with Gasteiger partial charge in [0.2, 0.25) is 0 Å². The molecule has 1 fully saturated rings. The van der Waals surface area contributed by atoms with Gasteiger partial charge in [-0.3, -0.25) is 4.98 Å². The molecule has 0 amide bonds. The van der Waals surface area contributed by atoms with Gasteiger partial charge in [0, 0.05) is 11.4 Å². The number of nitrogens with zero attached hydrogens (tertiary/aromatic N) is 1. The molecule has 3 heteroatoms. The molecular weight excluding hydrogens is 216 g/mol. The van der Waals surface area contributed by atoms with Gasteiger partial charge >= 0.3 is 0 Å².